The molecule has 2 rings (SSSR count). The highest BCUT2D eigenvalue weighted by molar-refractivity contribution is 5.64. The van der Waals surface area contributed by atoms with Crippen LogP contribution in [0.2, 0.25) is 0 Å². The van der Waals surface area contributed by atoms with Crippen molar-refractivity contribution in [3.63, 3.8) is 0 Å². The van der Waals surface area contributed by atoms with Crippen molar-refractivity contribution in [2.45, 2.75) is 6.42 Å². The van der Waals surface area contributed by atoms with Gasteiger partial charge in [-0.1, -0.05) is 12.1 Å². The van der Waals surface area contributed by atoms with Crippen molar-refractivity contribution in [3.05, 3.63) is 43.0 Å². The van der Waals surface area contributed by atoms with Crippen LogP contribution < -0.4 is 0 Å². The molecule has 0 aromatic carbocycles. The predicted octanol–water partition coefficient (Wildman–Crippen LogP) is 2.76. The van der Waals surface area contributed by atoms with Gasteiger partial charge in [-0.15, -0.1) is 0 Å². The molecule has 0 atom stereocenters. The Kier molecular flexibility index (Phi) is 1.42. The van der Waals surface area contributed by atoms with Gasteiger partial charge < -0.3 is 4.42 Å². The molecule has 0 saturated heterocycles. The summed E-state index contributed by atoms with van der Waals surface area (Å²) in [4.78, 5) is 0. The first-order chi connectivity index (χ1) is 5.42. The molecule has 55 valence electrons. The van der Waals surface area contributed by atoms with Gasteiger partial charge in [-0.3, -0.25) is 0 Å². The molecule has 0 fully saturated rings. The van der Waals surface area contributed by atoms with Gasteiger partial charge in [0.05, 0.1) is 6.26 Å². The van der Waals surface area contributed by atoms with Gasteiger partial charge in [0.1, 0.15) is 5.76 Å². The molecule has 2 aliphatic rings. The first kappa shape index (κ1) is 6.47. The Morgan fingerprint density at radius 3 is 3.00 bits per heavy atom. The molecular formula is C10H9O. The van der Waals surface area contributed by atoms with Crippen LogP contribution in [-0.4, -0.2) is 0 Å². The van der Waals surface area contributed by atoms with Gasteiger partial charge in [-0.25, -0.2) is 0 Å². The second-order valence-electron chi connectivity index (χ2n) is 2.51. The fourth-order valence-corrected chi connectivity index (χ4v) is 1.25. The summed E-state index contributed by atoms with van der Waals surface area (Å²) in [5.41, 5.74) is 2.34. The van der Waals surface area contributed by atoms with Crippen molar-refractivity contribution in [3.8, 4) is 11.3 Å². The molecule has 1 nitrogen and oxygen atoms in total. The standard InChI is InChI=1S/C10H9O/c1-2-8-5-6-9-4-3-7-11-10(8)9/h3-7H,1-2H2. The lowest BCUT2D eigenvalue weighted by Gasteiger charge is -1.98. The van der Waals surface area contributed by atoms with Crippen LogP contribution in [0, 0.1) is 6.92 Å². The number of fused-ring (bicyclic) bond motifs is 1. The minimum atomic E-state index is 0.789. The third-order valence-corrected chi connectivity index (χ3v) is 1.83. The largest absolute Gasteiger partial charge is 0.464 e. The summed E-state index contributed by atoms with van der Waals surface area (Å²) < 4.78 is 5.33. The van der Waals surface area contributed by atoms with Crippen molar-refractivity contribution in [2.75, 3.05) is 0 Å². The van der Waals surface area contributed by atoms with E-state index in [1.807, 2.05) is 12.1 Å². The summed E-state index contributed by atoms with van der Waals surface area (Å²) in [6, 6.07) is 8.05. The topological polar surface area (TPSA) is 13.1 Å². The van der Waals surface area contributed by atoms with Crippen molar-refractivity contribution in [1.29, 1.82) is 0 Å². The van der Waals surface area contributed by atoms with Crippen molar-refractivity contribution in [2.24, 2.45) is 0 Å². The minimum Gasteiger partial charge on any atom is -0.464 e. The van der Waals surface area contributed by atoms with E-state index >= 15 is 0 Å². The van der Waals surface area contributed by atoms with E-state index in [9.17, 15) is 0 Å². The van der Waals surface area contributed by atoms with Crippen LogP contribution in [0.25, 0.3) is 11.3 Å². The monoisotopic (exact) mass is 145 g/mol. The molecule has 0 aromatic rings. The predicted molar refractivity (Wildman–Crippen MR) is 44.4 cm³/mol. The van der Waals surface area contributed by atoms with Crippen LogP contribution in [0.1, 0.15) is 5.56 Å². The maximum Gasteiger partial charge on any atom is 0.136 e. The third-order valence-electron chi connectivity index (χ3n) is 1.83. The van der Waals surface area contributed by atoms with Crippen LogP contribution in [0.4, 0.5) is 0 Å². The van der Waals surface area contributed by atoms with E-state index in [0.717, 1.165) is 17.7 Å². The molecule has 0 spiro atoms. The molecule has 0 N–H and O–H groups in total. The Balaban J connectivity index is 2.64. The molecule has 1 heteroatoms. The maximum atomic E-state index is 5.33. The lowest BCUT2D eigenvalue weighted by Crippen LogP contribution is -1.78. The second kappa shape index (κ2) is 2.42. The number of rotatable bonds is 1. The van der Waals surface area contributed by atoms with Gasteiger partial charge in [0, 0.05) is 5.56 Å². The van der Waals surface area contributed by atoms with Crippen molar-refractivity contribution >= 4 is 0 Å². The van der Waals surface area contributed by atoms with E-state index < -0.39 is 0 Å². The smallest absolute Gasteiger partial charge is 0.136 e. The van der Waals surface area contributed by atoms with Gasteiger partial charge in [-0.2, -0.15) is 0 Å². The summed E-state index contributed by atoms with van der Waals surface area (Å²) >= 11 is 0. The van der Waals surface area contributed by atoms with Gasteiger partial charge in [0.2, 0.25) is 0 Å². The lowest BCUT2D eigenvalue weighted by atomic mass is 10.2. The van der Waals surface area contributed by atoms with Crippen molar-refractivity contribution in [1.82, 2.24) is 0 Å². The summed E-state index contributed by atoms with van der Waals surface area (Å²) in [7, 11) is 0. The van der Waals surface area contributed by atoms with E-state index in [-0.39, 0.29) is 0 Å². The molecule has 0 amide bonds. The average molecular weight is 145 g/mol. The molecule has 11 heavy (non-hydrogen) atoms. The molecule has 0 unspecified atom stereocenters. The summed E-state index contributed by atoms with van der Waals surface area (Å²) in [5.74, 6) is 0.975. The molecular weight excluding hydrogens is 136 g/mol. The zero-order valence-electron chi connectivity index (χ0n) is 6.21. The molecule has 0 bridgehead atoms. The Hall–Kier alpha value is -1.24. The molecule has 1 aliphatic heterocycles. The van der Waals surface area contributed by atoms with Gasteiger partial charge in [0.25, 0.3) is 0 Å². The van der Waals surface area contributed by atoms with E-state index in [1.165, 1.54) is 5.56 Å². The zero-order valence-corrected chi connectivity index (χ0v) is 6.21. The number of hydrogen-bond acceptors (Lipinski definition) is 1. The Bertz CT molecular complexity index is 322. The molecule has 1 radical (unpaired) electrons. The maximum absolute atomic E-state index is 5.33. The highest BCUT2D eigenvalue weighted by atomic mass is 16.3. The first-order valence-corrected chi connectivity index (χ1v) is 3.66. The van der Waals surface area contributed by atoms with E-state index in [0.29, 0.717) is 0 Å². The van der Waals surface area contributed by atoms with Crippen LogP contribution in [0.5, 0.6) is 0 Å². The summed E-state index contributed by atoms with van der Waals surface area (Å²) in [6.45, 7) is 3.82. The summed E-state index contributed by atoms with van der Waals surface area (Å²) in [5, 5.41) is 0. The van der Waals surface area contributed by atoms with Gasteiger partial charge in [-0.05, 0) is 31.0 Å². The lowest BCUT2D eigenvalue weighted by molar-refractivity contribution is 0.563. The average Bonchev–Trinajstić information content (AvgIpc) is 2.47. The van der Waals surface area contributed by atoms with Crippen LogP contribution in [-0.2, 0) is 6.42 Å². The van der Waals surface area contributed by atoms with Crippen LogP contribution in [0.15, 0.2) is 34.9 Å². The van der Waals surface area contributed by atoms with E-state index in [2.05, 4.69) is 19.1 Å². The molecule has 0 saturated carbocycles. The van der Waals surface area contributed by atoms with Crippen LogP contribution >= 0.6 is 0 Å². The third kappa shape index (κ3) is 0.929. The number of hydrogen-bond donors (Lipinski definition) is 0. The SMILES string of the molecule is [CH2]Cc1ccc2cccoc1-2. The first-order valence-electron chi connectivity index (χ1n) is 3.66. The van der Waals surface area contributed by atoms with E-state index in [1.54, 1.807) is 6.26 Å². The fraction of sp³-hybridized carbons (Fsp3) is 0.100. The van der Waals surface area contributed by atoms with Crippen molar-refractivity contribution < 1.29 is 4.42 Å². The highest BCUT2D eigenvalue weighted by Gasteiger charge is 2.08. The van der Waals surface area contributed by atoms with Gasteiger partial charge in [0.15, 0.2) is 0 Å². The highest BCUT2D eigenvalue weighted by Crippen LogP contribution is 2.27. The van der Waals surface area contributed by atoms with E-state index in [4.69, 9.17) is 4.42 Å². The Morgan fingerprint density at radius 1 is 1.27 bits per heavy atom. The van der Waals surface area contributed by atoms with Crippen LogP contribution in [0.3, 0.4) is 0 Å². The summed E-state index contributed by atoms with van der Waals surface area (Å²) in [6.07, 6.45) is 2.48. The molecule has 1 heterocycles. The Labute approximate surface area is 66.0 Å². The molecule has 0 aromatic heterocycles. The zero-order chi connectivity index (χ0) is 7.68. The van der Waals surface area contributed by atoms with Gasteiger partial charge >= 0.3 is 0 Å². The Morgan fingerprint density at radius 2 is 2.18 bits per heavy atom. The quantitative estimate of drug-likeness (QED) is 0.601. The molecule has 1 aliphatic carbocycles. The minimum absolute atomic E-state index is 0.789. The normalized spacial score (nSPS) is 10.6. The fourth-order valence-electron chi connectivity index (χ4n) is 1.25. The second-order valence-corrected chi connectivity index (χ2v) is 2.51.